The number of carboxylic acid groups (broad SMARTS) is 1. The van der Waals surface area contributed by atoms with E-state index in [1.807, 2.05) is 72.8 Å². The molecule has 3 aromatic rings. The summed E-state index contributed by atoms with van der Waals surface area (Å²) in [4.78, 5) is 47.2. The van der Waals surface area contributed by atoms with E-state index in [-0.39, 0.29) is 31.2 Å². The highest BCUT2D eigenvalue weighted by Gasteiger charge is 2.61. The van der Waals surface area contributed by atoms with E-state index in [9.17, 15) is 19.5 Å². The highest BCUT2D eigenvalue weighted by molar-refractivity contribution is 6.24. The zero-order valence-electron chi connectivity index (χ0n) is 22.8. The van der Waals surface area contributed by atoms with Crippen LogP contribution in [-0.4, -0.2) is 63.8 Å². The minimum Gasteiger partial charge on any atom is -0.479 e. The number of fused-ring (bicyclic) bond motifs is 4. The van der Waals surface area contributed by atoms with Crippen LogP contribution in [0.2, 0.25) is 0 Å². The summed E-state index contributed by atoms with van der Waals surface area (Å²) in [5.41, 5.74) is 5.29. The lowest BCUT2D eigenvalue weighted by atomic mass is 10.1. The van der Waals surface area contributed by atoms with E-state index < -0.39 is 35.6 Å². The van der Waals surface area contributed by atoms with Crippen molar-refractivity contribution in [3.8, 4) is 11.1 Å². The molecule has 3 aromatic carbocycles. The monoisotopic (exact) mass is 562 g/mol. The summed E-state index contributed by atoms with van der Waals surface area (Å²) >= 11 is 0. The van der Waals surface area contributed by atoms with E-state index in [2.05, 4.69) is 22.4 Å². The molecule has 3 N–H and O–H groups in total. The zero-order chi connectivity index (χ0) is 29.0. The number of likely N-dealkylation sites (tertiary alicyclic amines) is 1. The molecular weight excluding hydrogens is 532 g/mol. The molecule has 0 unspecified atom stereocenters. The van der Waals surface area contributed by atoms with Crippen molar-refractivity contribution in [1.82, 2.24) is 10.2 Å². The number of benzene rings is 3. The molecule has 2 aliphatic carbocycles. The van der Waals surface area contributed by atoms with Crippen molar-refractivity contribution >= 4 is 29.2 Å². The fourth-order valence-electron chi connectivity index (χ4n) is 6.55. The maximum atomic E-state index is 13.9. The largest absolute Gasteiger partial charge is 0.479 e. The van der Waals surface area contributed by atoms with Crippen LogP contribution in [0.15, 0.2) is 90.6 Å². The second-order valence-electron chi connectivity index (χ2n) is 11.4. The topological polar surface area (TPSA) is 120 Å². The summed E-state index contributed by atoms with van der Waals surface area (Å²) in [6.07, 6.45) is 1.94. The first kappa shape index (κ1) is 26.0. The number of nitrogens with zero attached hydrogens (tertiary/aromatic N) is 2. The van der Waals surface area contributed by atoms with E-state index >= 15 is 0 Å². The smallest absolute Gasteiger partial charge is 0.330 e. The third-order valence-electron chi connectivity index (χ3n) is 8.89. The summed E-state index contributed by atoms with van der Waals surface area (Å²) in [6, 6.07) is 22.3. The highest BCUT2D eigenvalue weighted by Crippen LogP contribution is 2.45. The molecule has 2 fully saturated rings. The van der Waals surface area contributed by atoms with Crippen LogP contribution in [0.25, 0.3) is 11.1 Å². The van der Waals surface area contributed by atoms with Crippen molar-refractivity contribution in [2.75, 3.05) is 11.9 Å². The van der Waals surface area contributed by atoms with Crippen LogP contribution in [0.3, 0.4) is 0 Å². The summed E-state index contributed by atoms with van der Waals surface area (Å²) in [7, 11) is 0. The number of para-hydroxylation sites is 1. The molecule has 2 heterocycles. The maximum Gasteiger partial charge on any atom is 0.330 e. The predicted molar refractivity (Wildman–Crippen MR) is 157 cm³/mol. The highest BCUT2D eigenvalue weighted by atomic mass is 16.6. The standard InChI is InChI=1S/C33H30N4O5/c1-2-20-17-33(20,32(40)41)35-30(38)28-16-21(18-37(28)31(39)27-15-19-9-3-8-14-26(19)34-27)42-36-29-24-12-6-4-10-22(24)23-11-5-7-13-25(23)29/h2-14,20-21,27-28,34H,1,15-18H2,(H,35,38)(H,40,41)/t20-,21-,27+,28+,33-/m1/s1. The number of hydrogen-bond donors (Lipinski definition) is 3. The average Bonchev–Trinajstić information content (AvgIpc) is 3.30. The number of aliphatic carboxylic acids is 1. The first-order chi connectivity index (χ1) is 20.4. The molecule has 1 saturated carbocycles. The molecular formula is C33H30N4O5. The molecule has 7 rings (SSSR count). The SMILES string of the molecule is C=C[C@@H]1C[C@]1(NC(=O)[C@@H]1C[C@@H](ON=C2c3ccccc3-c3ccccc32)CN1C(=O)[C@@H]1Cc2ccccc2N1)C(=O)O. The van der Waals surface area contributed by atoms with Gasteiger partial charge in [0.1, 0.15) is 29.4 Å². The van der Waals surface area contributed by atoms with Gasteiger partial charge in [0, 0.05) is 35.6 Å². The second-order valence-corrected chi connectivity index (χ2v) is 11.4. The van der Waals surface area contributed by atoms with Gasteiger partial charge < -0.3 is 25.5 Å². The van der Waals surface area contributed by atoms with Crippen LogP contribution in [0.5, 0.6) is 0 Å². The number of anilines is 1. The number of nitrogens with one attached hydrogen (secondary N) is 2. The third kappa shape index (κ3) is 4.15. The molecule has 212 valence electrons. The molecule has 2 aliphatic heterocycles. The molecule has 9 heteroatoms. The van der Waals surface area contributed by atoms with Gasteiger partial charge in [-0.25, -0.2) is 4.79 Å². The van der Waals surface area contributed by atoms with Gasteiger partial charge in [-0.2, -0.15) is 0 Å². The summed E-state index contributed by atoms with van der Waals surface area (Å²) in [5, 5.41) is 20.4. The minimum atomic E-state index is -1.40. The lowest BCUT2D eigenvalue weighted by Crippen LogP contribution is -2.54. The molecule has 42 heavy (non-hydrogen) atoms. The number of oxime groups is 1. The van der Waals surface area contributed by atoms with E-state index in [0.717, 1.165) is 33.5 Å². The first-order valence-corrected chi connectivity index (χ1v) is 14.2. The van der Waals surface area contributed by atoms with E-state index in [0.29, 0.717) is 12.1 Å². The Morgan fingerprint density at radius 1 is 1.00 bits per heavy atom. The van der Waals surface area contributed by atoms with Crippen LogP contribution in [-0.2, 0) is 25.6 Å². The summed E-state index contributed by atoms with van der Waals surface area (Å²) < 4.78 is 0. The number of carbonyl (C=O) groups excluding carboxylic acids is 2. The van der Waals surface area contributed by atoms with Gasteiger partial charge in [0.25, 0.3) is 0 Å². The van der Waals surface area contributed by atoms with Gasteiger partial charge in [-0.3, -0.25) is 9.59 Å². The van der Waals surface area contributed by atoms with Crippen molar-refractivity contribution in [2.45, 2.75) is 43.0 Å². The van der Waals surface area contributed by atoms with Gasteiger partial charge >= 0.3 is 5.97 Å². The number of amides is 2. The number of carboxylic acids is 1. The van der Waals surface area contributed by atoms with Crippen molar-refractivity contribution in [3.63, 3.8) is 0 Å². The van der Waals surface area contributed by atoms with E-state index in [1.165, 1.54) is 4.90 Å². The molecule has 4 aliphatic rings. The lowest BCUT2D eigenvalue weighted by Gasteiger charge is -2.27. The van der Waals surface area contributed by atoms with E-state index in [1.54, 1.807) is 6.08 Å². The Morgan fingerprint density at radius 3 is 2.26 bits per heavy atom. The molecule has 9 nitrogen and oxygen atoms in total. The Bertz CT molecular complexity index is 1590. The fraction of sp³-hybridized carbons (Fsp3) is 0.273. The van der Waals surface area contributed by atoms with Crippen molar-refractivity contribution < 1.29 is 24.3 Å². The average molecular weight is 563 g/mol. The van der Waals surface area contributed by atoms with Crippen LogP contribution in [0, 0.1) is 5.92 Å². The maximum absolute atomic E-state index is 13.9. The molecule has 2 amide bonds. The van der Waals surface area contributed by atoms with Crippen molar-refractivity contribution in [3.05, 3.63) is 102 Å². The fourth-order valence-corrected chi connectivity index (χ4v) is 6.55. The van der Waals surface area contributed by atoms with Crippen LogP contribution >= 0.6 is 0 Å². The molecule has 1 saturated heterocycles. The van der Waals surface area contributed by atoms with Crippen LogP contribution in [0.1, 0.15) is 29.5 Å². The predicted octanol–water partition coefficient (Wildman–Crippen LogP) is 3.59. The molecule has 0 aromatic heterocycles. The van der Waals surface area contributed by atoms with Crippen LogP contribution in [0.4, 0.5) is 5.69 Å². The molecule has 0 spiro atoms. The third-order valence-corrected chi connectivity index (χ3v) is 8.89. The summed E-state index contributed by atoms with van der Waals surface area (Å²) in [6.45, 7) is 3.85. The van der Waals surface area contributed by atoms with Crippen molar-refractivity contribution in [1.29, 1.82) is 0 Å². The second kappa shape index (κ2) is 9.87. The number of rotatable bonds is 7. The molecule has 0 bridgehead atoms. The Balaban J connectivity index is 1.15. The lowest BCUT2D eigenvalue weighted by molar-refractivity contribution is -0.145. The molecule has 0 radical (unpaired) electrons. The Hall–Kier alpha value is -4.92. The van der Waals surface area contributed by atoms with Gasteiger partial charge in [-0.05, 0) is 29.2 Å². The Kier molecular flexibility index (Phi) is 6.11. The minimum absolute atomic E-state index is 0.149. The number of hydrogen-bond acceptors (Lipinski definition) is 6. The van der Waals surface area contributed by atoms with Crippen molar-refractivity contribution in [2.24, 2.45) is 11.1 Å². The quantitative estimate of drug-likeness (QED) is 0.234. The zero-order valence-corrected chi connectivity index (χ0v) is 22.8. The van der Waals surface area contributed by atoms with Gasteiger partial charge in [0.15, 0.2) is 0 Å². The van der Waals surface area contributed by atoms with Gasteiger partial charge in [0.05, 0.1) is 6.54 Å². The van der Waals surface area contributed by atoms with Crippen LogP contribution < -0.4 is 10.6 Å². The van der Waals surface area contributed by atoms with Gasteiger partial charge in [0.2, 0.25) is 11.8 Å². The first-order valence-electron chi connectivity index (χ1n) is 14.2. The van der Waals surface area contributed by atoms with E-state index in [4.69, 9.17) is 4.84 Å². The normalized spacial score (nSPS) is 26.4. The van der Waals surface area contributed by atoms with Gasteiger partial charge in [-0.15, -0.1) is 6.58 Å². The Morgan fingerprint density at radius 2 is 1.64 bits per heavy atom. The Labute approximate surface area is 242 Å². The van der Waals surface area contributed by atoms with Gasteiger partial charge in [-0.1, -0.05) is 78.0 Å². The summed E-state index contributed by atoms with van der Waals surface area (Å²) in [5.74, 6) is -2.22. The number of carbonyl (C=O) groups is 3. The molecule has 5 atom stereocenters.